The Bertz CT molecular complexity index is 1280. The van der Waals surface area contributed by atoms with Gasteiger partial charge in [0.2, 0.25) is 11.8 Å². The fourth-order valence-corrected chi connectivity index (χ4v) is 4.92. The average molecular weight is 456 g/mol. The number of nitrogens with one attached hydrogen (secondary N) is 2. The zero-order valence-corrected chi connectivity index (χ0v) is 19.1. The normalized spacial score (nSPS) is 15.1. The molecule has 2 N–H and O–H groups in total. The van der Waals surface area contributed by atoms with Crippen LogP contribution in [-0.4, -0.2) is 22.9 Å². The third-order valence-corrected chi connectivity index (χ3v) is 6.64. The molecule has 0 fully saturated rings. The molecule has 6 nitrogen and oxygen atoms in total. The van der Waals surface area contributed by atoms with Crippen LogP contribution in [0.4, 0.5) is 0 Å². The van der Waals surface area contributed by atoms with Gasteiger partial charge in [0.15, 0.2) is 0 Å². The maximum absolute atomic E-state index is 12.9. The number of hydrogen-bond acceptors (Lipinski definition) is 3. The third-order valence-electron chi connectivity index (χ3n) is 6.64. The van der Waals surface area contributed by atoms with Crippen LogP contribution in [0.3, 0.4) is 0 Å². The summed E-state index contributed by atoms with van der Waals surface area (Å²) in [6.07, 6.45) is 4.71. The highest BCUT2D eigenvalue weighted by Crippen LogP contribution is 2.34. The van der Waals surface area contributed by atoms with E-state index < -0.39 is 0 Å². The van der Waals surface area contributed by atoms with Gasteiger partial charge >= 0.3 is 0 Å². The fraction of sp³-hybridized carbons (Fsp3) is 0.286. The van der Waals surface area contributed by atoms with Gasteiger partial charge in [0.1, 0.15) is 12.3 Å². The summed E-state index contributed by atoms with van der Waals surface area (Å²) in [6, 6.07) is 22.0. The van der Waals surface area contributed by atoms with Crippen LogP contribution in [0, 0.1) is 5.92 Å². The number of carbonyl (C=O) groups excluding carboxylic acids is 2. The lowest BCUT2D eigenvalue weighted by atomic mass is 9.85. The lowest BCUT2D eigenvalue weighted by Crippen LogP contribution is -2.35. The number of para-hydroxylation sites is 1. The first-order valence-electron chi connectivity index (χ1n) is 11.9. The number of benzene rings is 2. The van der Waals surface area contributed by atoms with Crippen LogP contribution >= 0.6 is 0 Å². The number of furan rings is 1. The van der Waals surface area contributed by atoms with Crippen LogP contribution < -0.4 is 10.6 Å². The predicted molar refractivity (Wildman–Crippen MR) is 131 cm³/mol. The molecular weight excluding hydrogens is 426 g/mol. The van der Waals surface area contributed by atoms with Gasteiger partial charge in [-0.1, -0.05) is 48.5 Å². The molecule has 1 aliphatic rings. The Balaban J connectivity index is 1.27. The molecule has 0 radical (unpaired) electrons. The van der Waals surface area contributed by atoms with Gasteiger partial charge in [0.25, 0.3) is 0 Å². The maximum atomic E-state index is 12.9. The summed E-state index contributed by atoms with van der Waals surface area (Å²) in [5.41, 5.74) is 4.64. The molecule has 174 valence electrons. The van der Waals surface area contributed by atoms with Crippen LogP contribution in [0.25, 0.3) is 10.9 Å². The van der Waals surface area contributed by atoms with Crippen molar-refractivity contribution in [2.24, 2.45) is 5.92 Å². The van der Waals surface area contributed by atoms with Crippen LogP contribution in [0.15, 0.2) is 77.4 Å². The monoisotopic (exact) mass is 455 g/mol. The number of hydrogen-bond donors (Lipinski definition) is 2. The smallest absolute Gasteiger partial charge is 0.240 e. The lowest BCUT2D eigenvalue weighted by Gasteiger charge is -2.23. The summed E-state index contributed by atoms with van der Waals surface area (Å²) >= 11 is 0. The molecule has 2 heterocycles. The molecule has 1 aliphatic carbocycles. The molecule has 1 atom stereocenters. The van der Waals surface area contributed by atoms with Gasteiger partial charge in [-0.05, 0) is 55.0 Å². The Hall–Kier alpha value is -3.80. The quantitative estimate of drug-likeness (QED) is 0.421. The molecule has 2 aromatic carbocycles. The van der Waals surface area contributed by atoms with Gasteiger partial charge in [-0.15, -0.1) is 0 Å². The highest BCUT2D eigenvalue weighted by Gasteiger charge is 2.29. The zero-order valence-electron chi connectivity index (χ0n) is 19.1. The molecule has 34 heavy (non-hydrogen) atoms. The first-order chi connectivity index (χ1) is 16.7. The highest BCUT2D eigenvalue weighted by atomic mass is 16.3. The van der Waals surface area contributed by atoms with E-state index in [2.05, 4.69) is 39.5 Å². The van der Waals surface area contributed by atoms with Crippen molar-refractivity contribution in [3.63, 3.8) is 0 Å². The van der Waals surface area contributed by atoms with Gasteiger partial charge < -0.3 is 19.6 Å². The van der Waals surface area contributed by atoms with Crippen molar-refractivity contribution < 1.29 is 14.0 Å². The van der Waals surface area contributed by atoms with Gasteiger partial charge in [0.05, 0.1) is 12.8 Å². The van der Waals surface area contributed by atoms with Gasteiger partial charge in [-0.2, -0.15) is 0 Å². The second-order valence-corrected chi connectivity index (χ2v) is 8.85. The third kappa shape index (κ3) is 4.76. The fourth-order valence-electron chi connectivity index (χ4n) is 4.92. The largest absolute Gasteiger partial charge is 0.467 e. The number of aromatic nitrogens is 1. The van der Waals surface area contributed by atoms with Crippen molar-refractivity contribution in [3.8, 4) is 0 Å². The van der Waals surface area contributed by atoms with E-state index in [0.717, 1.165) is 35.9 Å². The molecule has 0 bridgehead atoms. The molecule has 0 aliphatic heterocycles. The van der Waals surface area contributed by atoms with Crippen molar-refractivity contribution in [2.45, 2.75) is 38.8 Å². The summed E-state index contributed by atoms with van der Waals surface area (Å²) in [5, 5.41) is 7.21. The summed E-state index contributed by atoms with van der Waals surface area (Å²) in [5.74, 6) is 0.750. The van der Waals surface area contributed by atoms with E-state index in [1.807, 2.05) is 42.5 Å². The van der Waals surface area contributed by atoms with Crippen molar-refractivity contribution in [1.29, 1.82) is 0 Å². The molecule has 0 saturated carbocycles. The molecule has 2 amide bonds. The van der Waals surface area contributed by atoms with Crippen molar-refractivity contribution in [3.05, 3.63) is 95.6 Å². The minimum Gasteiger partial charge on any atom is -0.467 e. The second kappa shape index (κ2) is 10.00. The summed E-state index contributed by atoms with van der Waals surface area (Å²) in [6.45, 7) is 1.27. The first kappa shape index (κ1) is 22.0. The van der Waals surface area contributed by atoms with Crippen LogP contribution in [-0.2, 0) is 41.9 Å². The molecule has 6 heteroatoms. The Morgan fingerprint density at radius 1 is 0.971 bits per heavy atom. The van der Waals surface area contributed by atoms with E-state index in [1.54, 1.807) is 6.26 Å². The molecule has 2 aromatic heterocycles. The molecule has 5 rings (SSSR count). The van der Waals surface area contributed by atoms with E-state index in [1.165, 1.54) is 16.8 Å². The van der Waals surface area contributed by atoms with Gasteiger partial charge in [0, 0.05) is 29.1 Å². The average Bonchev–Trinajstić information content (AvgIpc) is 3.50. The molecule has 1 unspecified atom stereocenters. The van der Waals surface area contributed by atoms with E-state index in [0.29, 0.717) is 19.5 Å². The Kier molecular flexibility index (Phi) is 6.47. The second-order valence-electron chi connectivity index (χ2n) is 8.85. The van der Waals surface area contributed by atoms with Gasteiger partial charge in [-0.25, -0.2) is 0 Å². The minimum absolute atomic E-state index is 0.0460. The summed E-state index contributed by atoms with van der Waals surface area (Å²) in [4.78, 5) is 25.6. The summed E-state index contributed by atoms with van der Waals surface area (Å²) < 4.78 is 7.42. The lowest BCUT2D eigenvalue weighted by molar-refractivity contribution is -0.125. The SMILES string of the molecule is O=C(Cn1c2c(c3ccccc31)CC(C(=O)NCCc1ccccc1)CC2)NCc1ccco1. The topological polar surface area (TPSA) is 76.3 Å². The molecule has 4 aromatic rings. The molecule has 0 spiro atoms. The van der Waals surface area contributed by atoms with E-state index in [-0.39, 0.29) is 24.3 Å². The molecule has 0 saturated heterocycles. The number of nitrogens with zero attached hydrogens (tertiary/aromatic N) is 1. The van der Waals surface area contributed by atoms with Crippen molar-refractivity contribution in [1.82, 2.24) is 15.2 Å². The molecular formula is C28H29N3O3. The van der Waals surface area contributed by atoms with E-state index in [9.17, 15) is 9.59 Å². The Labute approximate surface area is 199 Å². The number of rotatable bonds is 8. The first-order valence-corrected chi connectivity index (χ1v) is 11.9. The van der Waals surface area contributed by atoms with Gasteiger partial charge in [-0.3, -0.25) is 9.59 Å². The standard InChI is InChI=1S/C28H29N3O3/c32-27(30-18-22-9-6-16-34-22)19-31-25-11-5-4-10-23(25)24-17-21(12-13-26(24)31)28(33)29-15-14-20-7-2-1-3-8-20/h1-11,16,21H,12-15,17-19H2,(H,29,33)(H,30,32). The Morgan fingerprint density at radius 3 is 2.62 bits per heavy atom. The van der Waals surface area contributed by atoms with E-state index in [4.69, 9.17) is 4.42 Å². The maximum Gasteiger partial charge on any atom is 0.240 e. The Morgan fingerprint density at radius 2 is 1.79 bits per heavy atom. The number of fused-ring (bicyclic) bond motifs is 3. The number of amides is 2. The van der Waals surface area contributed by atoms with Crippen molar-refractivity contribution in [2.75, 3.05) is 6.54 Å². The minimum atomic E-state index is -0.0549. The summed E-state index contributed by atoms with van der Waals surface area (Å²) in [7, 11) is 0. The predicted octanol–water partition coefficient (Wildman–Crippen LogP) is 4.01. The van der Waals surface area contributed by atoms with Crippen LogP contribution in [0.5, 0.6) is 0 Å². The van der Waals surface area contributed by atoms with E-state index >= 15 is 0 Å². The van der Waals surface area contributed by atoms with Crippen LogP contribution in [0.2, 0.25) is 0 Å². The zero-order chi connectivity index (χ0) is 23.3. The number of carbonyl (C=O) groups is 2. The van der Waals surface area contributed by atoms with Crippen molar-refractivity contribution >= 4 is 22.7 Å². The van der Waals surface area contributed by atoms with Crippen LogP contribution in [0.1, 0.15) is 29.0 Å². The highest BCUT2D eigenvalue weighted by molar-refractivity contribution is 5.89.